The van der Waals surface area contributed by atoms with E-state index in [2.05, 4.69) is 54.2 Å². The molecular formula is C17H19BrFN. The molecule has 106 valence electrons. The maximum absolute atomic E-state index is 12.9. The van der Waals surface area contributed by atoms with Gasteiger partial charge >= 0.3 is 0 Å². The molecule has 0 spiro atoms. The van der Waals surface area contributed by atoms with E-state index in [-0.39, 0.29) is 5.82 Å². The van der Waals surface area contributed by atoms with Gasteiger partial charge in [0.1, 0.15) is 5.82 Å². The third-order valence-corrected chi connectivity index (χ3v) is 3.80. The molecule has 3 heteroatoms. The minimum atomic E-state index is -0.186. The summed E-state index contributed by atoms with van der Waals surface area (Å²) in [6.45, 7) is 6.35. The lowest BCUT2D eigenvalue weighted by atomic mass is 10.0. The Morgan fingerprint density at radius 1 is 1.10 bits per heavy atom. The molecule has 1 unspecified atom stereocenters. The molecule has 0 heterocycles. The lowest BCUT2D eigenvalue weighted by molar-refractivity contribution is 0.626. The SMILES string of the molecule is Cc1cc(Br)cc(C)c1NC(C)Cc1ccc(F)cc1. The van der Waals surface area contributed by atoms with Crippen LogP contribution in [0.5, 0.6) is 0 Å². The first kappa shape index (κ1) is 15.0. The maximum Gasteiger partial charge on any atom is 0.123 e. The second-order valence-corrected chi connectivity index (χ2v) is 6.21. The van der Waals surface area contributed by atoms with Gasteiger partial charge in [0.25, 0.3) is 0 Å². The molecule has 2 aromatic rings. The number of aryl methyl sites for hydroxylation is 2. The van der Waals surface area contributed by atoms with E-state index in [4.69, 9.17) is 0 Å². The number of hydrogen-bond acceptors (Lipinski definition) is 1. The molecule has 0 amide bonds. The van der Waals surface area contributed by atoms with Gasteiger partial charge in [-0.15, -0.1) is 0 Å². The Hall–Kier alpha value is -1.35. The normalized spacial score (nSPS) is 12.2. The van der Waals surface area contributed by atoms with E-state index in [9.17, 15) is 4.39 Å². The standard InChI is InChI=1S/C17H19BrFN/c1-11-8-15(18)9-12(2)17(11)20-13(3)10-14-4-6-16(19)7-5-14/h4-9,13,20H,10H2,1-3H3. The van der Waals surface area contributed by atoms with Crippen LogP contribution in [0.15, 0.2) is 40.9 Å². The van der Waals surface area contributed by atoms with Crippen LogP contribution in [0.4, 0.5) is 10.1 Å². The summed E-state index contributed by atoms with van der Waals surface area (Å²) in [6, 6.07) is 11.2. The lowest BCUT2D eigenvalue weighted by Gasteiger charge is -2.19. The van der Waals surface area contributed by atoms with E-state index >= 15 is 0 Å². The van der Waals surface area contributed by atoms with Crippen LogP contribution in [0, 0.1) is 19.7 Å². The molecule has 0 aliphatic rings. The summed E-state index contributed by atoms with van der Waals surface area (Å²) < 4.78 is 14.0. The molecule has 0 radical (unpaired) electrons. The topological polar surface area (TPSA) is 12.0 Å². The van der Waals surface area contributed by atoms with E-state index in [1.807, 2.05) is 12.1 Å². The van der Waals surface area contributed by atoms with Gasteiger partial charge in [0, 0.05) is 16.2 Å². The molecule has 1 nitrogen and oxygen atoms in total. The van der Waals surface area contributed by atoms with E-state index in [1.165, 1.54) is 28.9 Å². The Morgan fingerprint density at radius 3 is 2.20 bits per heavy atom. The highest BCUT2D eigenvalue weighted by atomic mass is 79.9. The van der Waals surface area contributed by atoms with Crippen molar-refractivity contribution in [1.29, 1.82) is 0 Å². The van der Waals surface area contributed by atoms with E-state index < -0.39 is 0 Å². The molecule has 20 heavy (non-hydrogen) atoms. The molecule has 0 aliphatic carbocycles. The van der Waals surface area contributed by atoms with Gasteiger partial charge in [0.2, 0.25) is 0 Å². The van der Waals surface area contributed by atoms with Gasteiger partial charge < -0.3 is 5.32 Å². The van der Waals surface area contributed by atoms with Crippen LogP contribution in [0.1, 0.15) is 23.6 Å². The number of halogens is 2. The second kappa shape index (κ2) is 6.40. The third kappa shape index (κ3) is 3.83. The molecular weight excluding hydrogens is 317 g/mol. The van der Waals surface area contributed by atoms with Gasteiger partial charge in [0.05, 0.1) is 0 Å². The molecule has 0 aliphatic heterocycles. The first-order valence-electron chi connectivity index (χ1n) is 6.73. The van der Waals surface area contributed by atoms with Crippen LogP contribution in [0.2, 0.25) is 0 Å². The van der Waals surface area contributed by atoms with Crippen molar-refractivity contribution in [3.8, 4) is 0 Å². The molecule has 1 atom stereocenters. The fourth-order valence-corrected chi connectivity index (χ4v) is 3.10. The van der Waals surface area contributed by atoms with Crippen LogP contribution < -0.4 is 5.32 Å². The Kier molecular flexibility index (Phi) is 4.81. The highest BCUT2D eigenvalue weighted by Gasteiger charge is 2.09. The molecule has 0 aromatic heterocycles. The largest absolute Gasteiger partial charge is 0.382 e. The summed E-state index contributed by atoms with van der Waals surface area (Å²) in [5.74, 6) is -0.186. The van der Waals surface area contributed by atoms with Crippen molar-refractivity contribution >= 4 is 21.6 Å². The summed E-state index contributed by atoms with van der Waals surface area (Å²) in [6.07, 6.45) is 0.870. The number of anilines is 1. The third-order valence-electron chi connectivity index (χ3n) is 3.34. The molecule has 2 rings (SSSR count). The lowest BCUT2D eigenvalue weighted by Crippen LogP contribution is -2.19. The van der Waals surface area contributed by atoms with Gasteiger partial charge in [-0.2, -0.15) is 0 Å². The number of hydrogen-bond donors (Lipinski definition) is 1. The average Bonchev–Trinajstić information content (AvgIpc) is 2.36. The van der Waals surface area contributed by atoms with Crippen LogP contribution in [-0.2, 0) is 6.42 Å². The smallest absolute Gasteiger partial charge is 0.123 e. The Balaban J connectivity index is 2.08. The predicted octanol–water partition coefficient (Wildman–Crippen LogP) is 5.25. The van der Waals surface area contributed by atoms with Gasteiger partial charge in [-0.25, -0.2) is 4.39 Å². The van der Waals surface area contributed by atoms with Gasteiger partial charge in [-0.05, 0) is 68.1 Å². The maximum atomic E-state index is 12.9. The number of nitrogens with one attached hydrogen (secondary N) is 1. The quantitative estimate of drug-likeness (QED) is 0.804. The zero-order valence-electron chi connectivity index (χ0n) is 12.0. The molecule has 1 N–H and O–H groups in total. The van der Waals surface area contributed by atoms with Crippen molar-refractivity contribution in [2.24, 2.45) is 0 Å². The van der Waals surface area contributed by atoms with Gasteiger partial charge in [-0.3, -0.25) is 0 Å². The van der Waals surface area contributed by atoms with Crippen molar-refractivity contribution in [3.63, 3.8) is 0 Å². The molecule has 0 fully saturated rings. The summed E-state index contributed by atoms with van der Waals surface area (Å²) in [4.78, 5) is 0. The molecule has 0 bridgehead atoms. The Labute approximate surface area is 128 Å². The van der Waals surface area contributed by atoms with Crippen molar-refractivity contribution in [2.75, 3.05) is 5.32 Å². The minimum absolute atomic E-state index is 0.186. The van der Waals surface area contributed by atoms with Gasteiger partial charge in [-0.1, -0.05) is 28.1 Å². The Morgan fingerprint density at radius 2 is 1.65 bits per heavy atom. The zero-order chi connectivity index (χ0) is 14.7. The van der Waals surface area contributed by atoms with Crippen LogP contribution in [0.3, 0.4) is 0 Å². The summed E-state index contributed by atoms with van der Waals surface area (Å²) in [7, 11) is 0. The second-order valence-electron chi connectivity index (χ2n) is 5.29. The van der Waals surface area contributed by atoms with Crippen LogP contribution >= 0.6 is 15.9 Å². The first-order chi connectivity index (χ1) is 9.45. The monoisotopic (exact) mass is 335 g/mol. The zero-order valence-corrected chi connectivity index (χ0v) is 13.6. The average molecular weight is 336 g/mol. The van der Waals surface area contributed by atoms with Crippen LogP contribution in [-0.4, -0.2) is 6.04 Å². The summed E-state index contributed by atoms with van der Waals surface area (Å²) in [5.41, 5.74) is 4.77. The number of rotatable bonds is 4. The molecule has 0 saturated heterocycles. The van der Waals surface area contributed by atoms with Crippen molar-refractivity contribution in [2.45, 2.75) is 33.2 Å². The van der Waals surface area contributed by atoms with Crippen LogP contribution in [0.25, 0.3) is 0 Å². The first-order valence-corrected chi connectivity index (χ1v) is 7.52. The Bertz CT molecular complexity index is 569. The highest BCUT2D eigenvalue weighted by molar-refractivity contribution is 9.10. The number of benzene rings is 2. The highest BCUT2D eigenvalue weighted by Crippen LogP contribution is 2.26. The van der Waals surface area contributed by atoms with Crippen molar-refractivity contribution in [3.05, 3.63) is 63.4 Å². The molecule has 0 saturated carbocycles. The fraction of sp³-hybridized carbons (Fsp3) is 0.294. The minimum Gasteiger partial charge on any atom is -0.382 e. The summed E-state index contributed by atoms with van der Waals surface area (Å²) in [5, 5.41) is 3.55. The molecule has 2 aromatic carbocycles. The van der Waals surface area contributed by atoms with E-state index in [0.717, 1.165) is 16.5 Å². The van der Waals surface area contributed by atoms with E-state index in [1.54, 1.807) is 0 Å². The summed E-state index contributed by atoms with van der Waals surface area (Å²) >= 11 is 3.51. The van der Waals surface area contributed by atoms with Gasteiger partial charge in [0.15, 0.2) is 0 Å². The van der Waals surface area contributed by atoms with E-state index in [0.29, 0.717) is 6.04 Å². The predicted molar refractivity (Wildman–Crippen MR) is 86.8 cm³/mol. The fourth-order valence-electron chi connectivity index (χ4n) is 2.41. The van der Waals surface area contributed by atoms with Crippen molar-refractivity contribution < 1.29 is 4.39 Å². The van der Waals surface area contributed by atoms with Crippen molar-refractivity contribution in [1.82, 2.24) is 0 Å².